The molecule has 22 heavy (non-hydrogen) atoms. The third-order valence-corrected chi connectivity index (χ3v) is 3.08. The Kier molecular flexibility index (Phi) is 5.54. The van der Waals surface area contributed by atoms with Crippen LogP contribution in [0.4, 0.5) is 18.9 Å². The zero-order valence-corrected chi connectivity index (χ0v) is 12.0. The fourth-order valence-corrected chi connectivity index (χ4v) is 1.83. The number of benzene rings is 1. The molecular formula is C14H16F3NO4. The van der Waals surface area contributed by atoms with E-state index in [0.29, 0.717) is 24.8 Å². The van der Waals surface area contributed by atoms with Gasteiger partial charge in [-0.3, -0.25) is 4.79 Å². The van der Waals surface area contributed by atoms with E-state index in [1.54, 1.807) is 18.2 Å². The van der Waals surface area contributed by atoms with Gasteiger partial charge in [-0.25, -0.2) is 4.79 Å². The van der Waals surface area contributed by atoms with E-state index in [9.17, 15) is 27.9 Å². The van der Waals surface area contributed by atoms with Crippen molar-refractivity contribution in [1.82, 2.24) is 0 Å². The van der Waals surface area contributed by atoms with Crippen LogP contribution >= 0.6 is 0 Å². The van der Waals surface area contributed by atoms with Gasteiger partial charge in [0.05, 0.1) is 13.5 Å². The lowest BCUT2D eigenvalue weighted by atomic mass is 9.98. The second-order valence-corrected chi connectivity index (χ2v) is 4.59. The number of amides is 1. The molecule has 0 spiro atoms. The normalized spacial score (nSPS) is 14.1. The van der Waals surface area contributed by atoms with Crippen LogP contribution < -0.4 is 5.32 Å². The summed E-state index contributed by atoms with van der Waals surface area (Å²) in [6.07, 6.45) is -6.26. The molecule has 0 saturated heterocycles. The maximum Gasteiger partial charge on any atom is 0.428 e. The number of para-hydroxylation sites is 1. The van der Waals surface area contributed by atoms with Gasteiger partial charge < -0.3 is 15.2 Å². The molecule has 0 heterocycles. The predicted molar refractivity (Wildman–Crippen MR) is 72.1 cm³/mol. The SMILES string of the molecule is CCc1ccccc1NC(=O)C[C@@](O)(C(=O)OC)C(F)(F)F. The summed E-state index contributed by atoms with van der Waals surface area (Å²) in [5.41, 5.74) is -2.85. The third-order valence-electron chi connectivity index (χ3n) is 3.08. The molecule has 0 saturated carbocycles. The van der Waals surface area contributed by atoms with Crippen molar-refractivity contribution in [2.45, 2.75) is 31.5 Å². The van der Waals surface area contributed by atoms with Gasteiger partial charge in [0.15, 0.2) is 0 Å². The van der Waals surface area contributed by atoms with E-state index < -0.39 is 30.1 Å². The van der Waals surface area contributed by atoms with Crippen LogP contribution in [0.2, 0.25) is 0 Å². The van der Waals surface area contributed by atoms with Crippen molar-refractivity contribution in [3.63, 3.8) is 0 Å². The number of methoxy groups -OCH3 is 1. The summed E-state index contributed by atoms with van der Waals surface area (Å²) in [6.45, 7) is 1.81. The summed E-state index contributed by atoms with van der Waals surface area (Å²) in [6, 6.07) is 6.54. The number of aryl methyl sites for hydroxylation is 1. The van der Waals surface area contributed by atoms with E-state index in [2.05, 4.69) is 10.1 Å². The number of halogens is 3. The molecule has 1 amide bonds. The quantitative estimate of drug-likeness (QED) is 0.815. The first-order valence-corrected chi connectivity index (χ1v) is 6.41. The van der Waals surface area contributed by atoms with Crippen LogP contribution in [0.1, 0.15) is 18.9 Å². The second kappa shape index (κ2) is 6.78. The summed E-state index contributed by atoms with van der Waals surface area (Å²) < 4.78 is 42.5. The molecule has 0 aliphatic carbocycles. The molecule has 5 nitrogen and oxygen atoms in total. The molecule has 0 aliphatic heterocycles. The van der Waals surface area contributed by atoms with Crippen LogP contribution in [0, 0.1) is 0 Å². The van der Waals surface area contributed by atoms with Crippen LogP contribution in [-0.4, -0.2) is 35.9 Å². The average molecular weight is 319 g/mol. The van der Waals surface area contributed by atoms with Gasteiger partial charge in [0.2, 0.25) is 5.91 Å². The first-order chi connectivity index (χ1) is 10.2. The van der Waals surface area contributed by atoms with Crippen molar-refractivity contribution >= 4 is 17.6 Å². The van der Waals surface area contributed by atoms with Crippen molar-refractivity contribution < 1.29 is 32.6 Å². The number of rotatable bonds is 5. The fraction of sp³-hybridized carbons (Fsp3) is 0.429. The minimum absolute atomic E-state index is 0.324. The average Bonchev–Trinajstić information content (AvgIpc) is 2.45. The summed E-state index contributed by atoms with van der Waals surface area (Å²) in [4.78, 5) is 23.0. The first-order valence-electron chi connectivity index (χ1n) is 6.41. The summed E-state index contributed by atoms with van der Waals surface area (Å²) in [5.74, 6) is -3.08. The molecular weight excluding hydrogens is 303 g/mol. The summed E-state index contributed by atoms with van der Waals surface area (Å²) in [7, 11) is 0.698. The molecule has 1 rings (SSSR count). The van der Waals surface area contributed by atoms with E-state index in [4.69, 9.17) is 0 Å². The molecule has 1 atom stereocenters. The number of aliphatic hydroxyl groups is 1. The lowest BCUT2D eigenvalue weighted by molar-refractivity contribution is -0.261. The molecule has 0 bridgehead atoms. The molecule has 1 aromatic carbocycles. The number of hydrogen-bond donors (Lipinski definition) is 2. The fourth-order valence-electron chi connectivity index (χ4n) is 1.83. The molecule has 0 aromatic heterocycles. The highest BCUT2D eigenvalue weighted by Crippen LogP contribution is 2.34. The Morgan fingerprint density at radius 3 is 2.36 bits per heavy atom. The number of carbonyl (C=O) groups excluding carboxylic acids is 2. The molecule has 122 valence electrons. The van der Waals surface area contributed by atoms with E-state index in [0.717, 1.165) is 0 Å². The highest BCUT2D eigenvalue weighted by molar-refractivity contribution is 5.96. The zero-order valence-electron chi connectivity index (χ0n) is 12.0. The molecule has 0 aliphatic rings. The second-order valence-electron chi connectivity index (χ2n) is 4.59. The Balaban J connectivity index is 2.96. The van der Waals surface area contributed by atoms with Crippen molar-refractivity contribution in [2.24, 2.45) is 0 Å². The van der Waals surface area contributed by atoms with Gasteiger partial charge >= 0.3 is 12.1 Å². The maximum atomic E-state index is 12.9. The Bertz CT molecular complexity index is 559. The van der Waals surface area contributed by atoms with Gasteiger partial charge in [-0.2, -0.15) is 13.2 Å². The number of esters is 1. The first kappa shape index (κ1) is 18.0. The van der Waals surface area contributed by atoms with Crippen molar-refractivity contribution in [2.75, 3.05) is 12.4 Å². The van der Waals surface area contributed by atoms with E-state index >= 15 is 0 Å². The molecule has 0 fully saturated rings. The van der Waals surface area contributed by atoms with Gasteiger partial charge in [-0.1, -0.05) is 25.1 Å². The monoisotopic (exact) mass is 319 g/mol. The summed E-state index contributed by atoms with van der Waals surface area (Å²) >= 11 is 0. The topological polar surface area (TPSA) is 75.6 Å². The highest BCUT2D eigenvalue weighted by atomic mass is 19.4. The number of alkyl halides is 3. The van der Waals surface area contributed by atoms with E-state index in [-0.39, 0.29) is 0 Å². The van der Waals surface area contributed by atoms with Crippen molar-refractivity contribution in [3.05, 3.63) is 29.8 Å². The molecule has 1 aromatic rings. The lowest BCUT2D eigenvalue weighted by Crippen LogP contribution is -2.54. The Hall–Kier alpha value is -2.09. The van der Waals surface area contributed by atoms with Crippen LogP contribution in [0.3, 0.4) is 0 Å². The number of anilines is 1. The van der Waals surface area contributed by atoms with Crippen LogP contribution in [0.5, 0.6) is 0 Å². The Morgan fingerprint density at radius 1 is 1.27 bits per heavy atom. The standard InChI is InChI=1S/C14H16F3NO4/c1-3-9-6-4-5-7-10(9)18-11(19)8-13(21,12(20)22-2)14(15,16)17/h4-7,21H,3,8H2,1-2H3,(H,18,19)/t13-/m1/s1. The number of carbonyl (C=O) groups is 2. The van der Waals surface area contributed by atoms with Gasteiger partial charge in [-0.05, 0) is 18.1 Å². The maximum absolute atomic E-state index is 12.9. The number of ether oxygens (including phenoxy) is 1. The van der Waals surface area contributed by atoms with Gasteiger partial charge in [0, 0.05) is 5.69 Å². The van der Waals surface area contributed by atoms with E-state index in [1.165, 1.54) is 6.07 Å². The molecule has 0 radical (unpaired) electrons. The summed E-state index contributed by atoms with van der Waals surface area (Å²) in [5, 5.41) is 11.8. The molecule has 8 heteroatoms. The number of nitrogens with one attached hydrogen (secondary N) is 1. The van der Waals surface area contributed by atoms with Crippen LogP contribution in [-0.2, 0) is 20.7 Å². The van der Waals surface area contributed by atoms with Gasteiger partial charge in [-0.15, -0.1) is 0 Å². The smallest absolute Gasteiger partial charge is 0.428 e. The number of hydrogen-bond acceptors (Lipinski definition) is 4. The predicted octanol–water partition coefficient (Wildman–Crippen LogP) is 2.04. The largest absolute Gasteiger partial charge is 0.467 e. The minimum Gasteiger partial charge on any atom is -0.467 e. The van der Waals surface area contributed by atoms with Crippen molar-refractivity contribution in [1.29, 1.82) is 0 Å². The molecule has 2 N–H and O–H groups in total. The third kappa shape index (κ3) is 3.76. The van der Waals surface area contributed by atoms with Crippen molar-refractivity contribution in [3.8, 4) is 0 Å². The van der Waals surface area contributed by atoms with Crippen LogP contribution in [0.15, 0.2) is 24.3 Å². The zero-order chi connectivity index (χ0) is 17.0. The lowest BCUT2D eigenvalue weighted by Gasteiger charge is -2.27. The molecule has 0 unspecified atom stereocenters. The van der Waals surface area contributed by atoms with Gasteiger partial charge in [0.25, 0.3) is 5.60 Å². The highest BCUT2D eigenvalue weighted by Gasteiger charge is 2.61. The minimum atomic E-state index is -5.33. The van der Waals surface area contributed by atoms with Crippen LogP contribution in [0.25, 0.3) is 0 Å². The van der Waals surface area contributed by atoms with E-state index in [1.807, 2.05) is 6.92 Å². The van der Waals surface area contributed by atoms with Gasteiger partial charge in [0.1, 0.15) is 0 Å². The Labute approximate surface area is 125 Å². The Morgan fingerprint density at radius 2 is 1.86 bits per heavy atom.